The lowest BCUT2D eigenvalue weighted by atomic mass is 9.33. The van der Waals surface area contributed by atoms with Gasteiger partial charge in [-0.3, -0.25) is 9.89 Å². The lowest BCUT2D eigenvalue weighted by Crippen LogP contribution is -2.65. The van der Waals surface area contributed by atoms with Crippen LogP contribution in [0.2, 0.25) is 0 Å². The summed E-state index contributed by atoms with van der Waals surface area (Å²) < 4.78 is 0. The number of carbonyl (C=O) groups is 1. The van der Waals surface area contributed by atoms with Crippen molar-refractivity contribution in [3.63, 3.8) is 0 Å². The molecular weight excluding hydrogens is 546 g/mol. The Labute approximate surface area is 263 Å². The molecule has 0 amide bonds. The van der Waals surface area contributed by atoms with E-state index in [9.17, 15) is 9.90 Å². The Bertz CT molecular complexity index is 1550. The summed E-state index contributed by atoms with van der Waals surface area (Å²) in [6.45, 7) is 17.1. The van der Waals surface area contributed by atoms with Crippen molar-refractivity contribution >= 4 is 23.2 Å². The highest BCUT2D eigenvalue weighted by molar-refractivity contribution is 5.80. The molecule has 7 heteroatoms. The predicted molar refractivity (Wildman–Crippen MR) is 176 cm³/mol. The minimum atomic E-state index is -0.689. The van der Waals surface area contributed by atoms with E-state index < -0.39 is 11.4 Å². The molecule has 7 nitrogen and oxygen atoms in total. The first kappa shape index (κ1) is 29.9. The monoisotopic (exact) mass is 599 g/mol. The highest BCUT2D eigenvalue weighted by Gasteiger charge is 2.70. The number of nitrogens with one attached hydrogen (secondary N) is 2. The number of nitrogens with two attached hydrogens (primary N) is 1. The van der Waals surface area contributed by atoms with E-state index in [1.165, 1.54) is 22.3 Å². The van der Waals surface area contributed by atoms with Gasteiger partial charge in [0.1, 0.15) is 11.6 Å². The maximum atomic E-state index is 13.4. The summed E-state index contributed by atoms with van der Waals surface area (Å²) >= 11 is 0. The molecule has 0 radical (unpaired) electrons. The molecule has 7 rings (SSSR count). The number of hydrogen-bond donors (Lipinski definition) is 4. The molecule has 2 aromatic rings. The molecule has 2 heterocycles. The van der Waals surface area contributed by atoms with Crippen molar-refractivity contribution in [3.8, 4) is 0 Å². The topological polar surface area (TPSA) is 117 Å². The van der Waals surface area contributed by atoms with E-state index in [1.807, 2.05) is 13.2 Å². The Balaban J connectivity index is 1.48. The molecule has 3 saturated carbocycles. The number of rotatable bonds is 3. The van der Waals surface area contributed by atoms with E-state index in [0.29, 0.717) is 11.8 Å². The molecule has 7 unspecified atom stereocenters. The van der Waals surface area contributed by atoms with Crippen molar-refractivity contribution in [2.24, 2.45) is 44.8 Å². The summed E-state index contributed by atoms with van der Waals surface area (Å²) in [5.74, 6) is 1.91. The molecule has 0 aliphatic heterocycles. The van der Waals surface area contributed by atoms with Crippen molar-refractivity contribution in [1.82, 2.24) is 15.2 Å². The van der Waals surface area contributed by atoms with Crippen molar-refractivity contribution < 1.29 is 9.90 Å². The van der Waals surface area contributed by atoms with Crippen molar-refractivity contribution in [3.05, 3.63) is 40.7 Å². The fourth-order valence-corrected chi connectivity index (χ4v) is 12.2. The van der Waals surface area contributed by atoms with Gasteiger partial charge in [-0.05, 0) is 120 Å². The Hall–Kier alpha value is -2.83. The minimum absolute atomic E-state index is 0.0206. The quantitative estimate of drug-likeness (QED) is 0.285. The van der Waals surface area contributed by atoms with Crippen LogP contribution < -0.4 is 11.1 Å². The molecule has 5 N–H and O–H groups in total. The number of carboxylic acid groups (broad SMARTS) is 1. The lowest BCUT2D eigenvalue weighted by Gasteiger charge is -2.71. The number of anilines is 2. The van der Waals surface area contributed by atoms with Crippen molar-refractivity contribution in [1.29, 1.82) is 0 Å². The number of fused-ring (bicyclic) bond motifs is 8. The molecule has 5 aliphatic rings. The average molecular weight is 600 g/mol. The number of aromatic amines is 1. The van der Waals surface area contributed by atoms with Gasteiger partial charge in [-0.25, -0.2) is 4.98 Å². The van der Waals surface area contributed by atoms with Gasteiger partial charge in [0.2, 0.25) is 0 Å². The second-order valence-corrected chi connectivity index (χ2v) is 17.4. The van der Waals surface area contributed by atoms with Gasteiger partial charge in [0.05, 0.1) is 11.1 Å². The fourth-order valence-electron chi connectivity index (χ4n) is 12.2. The Morgan fingerprint density at radius 2 is 1.75 bits per heavy atom. The number of allylic oxidation sites excluding steroid dienone is 2. The average Bonchev–Trinajstić information content (AvgIpc) is 3.33. The SMILES string of the molecule is CNc1ccc(C2=C3C4CC(C)(C)CCC4(C(=O)O)CCC3(C)C3(C)CCC4C(C)(C)c5n[nH]c(N)c5CC4(C)C3C2)cn1. The predicted octanol–water partition coefficient (Wildman–Crippen LogP) is 7.86. The van der Waals surface area contributed by atoms with E-state index in [4.69, 9.17) is 15.8 Å². The number of aliphatic carboxylic acids is 1. The van der Waals surface area contributed by atoms with E-state index in [-0.39, 0.29) is 33.0 Å². The number of nitrogens with zero attached hydrogens (tertiary/aromatic N) is 2. The number of carboxylic acids is 1. The molecule has 238 valence electrons. The van der Waals surface area contributed by atoms with Crippen LogP contribution >= 0.6 is 0 Å². The summed E-state index contributed by atoms with van der Waals surface area (Å²) in [4.78, 5) is 18.2. The molecule has 0 bridgehead atoms. The fraction of sp³-hybridized carbons (Fsp3) is 0.703. The third-order valence-electron chi connectivity index (χ3n) is 14.7. The van der Waals surface area contributed by atoms with Crippen LogP contribution in [0.3, 0.4) is 0 Å². The highest BCUT2D eigenvalue weighted by atomic mass is 16.4. The highest BCUT2D eigenvalue weighted by Crippen LogP contribution is 2.77. The van der Waals surface area contributed by atoms with Crippen LogP contribution in [0.15, 0.2) is 23.9 Å². The van der Waals surface area contributed by atoms with Gasteiger partial charge in [0, 0.05) is 24.2 Å². The molecule has 0 spiro atoms. The zero-order valence-electron chi connectivity index (χ0n) is 28.2. The lowest BCUT2D eigenvalue weighted by molar-refractivity contribution is -0.175. The summed E-state index contributed by atoms with van der Waals surface area (Å²) in [5, 5.41) is 22.1. The maximum absolute atomic E-state index is 13.4. The van der Waals surface area contributed by atoms with E-state index in [2.05, 4.69) is 71.0 Å². The summed E-state index contributed by atoms with van der Waals surface area (Å²) in [7, 11) is 1.91. The number of aromatic nitrogens is 3. The van der Waals surface area contributed by atoms with Crippen LogP contribution in [0, 0.1) is 44.8 Å². The van der Waals surface area contributed by atoms with Gasteiger partial charge in [0.15, 0.2) is 0 Å². The summed E-state index contributed by atoms with van der Waals surface area (Å²) in [5.41, 5.74) is 12.2. The van der Waals surface area contributed by atoms with Gasteiger partial charge in [-0.1, -0.05) is 54.0 Å². The van der Waals surface area contributed by atoms with Gasteiger partial charge in [-0.2, -0.15) is 5.10 Å². The first-order valence-corrected chi connectivity index (χ1v) is 17.0. The molecule has 7 atom stereocenters. The number of pyridine rings is 1. The van der Waals surface area contributed by atoms with Gasteiger partial charge < -0.3 is 16.2 Å². The van der Waals surface area contributed by atoms with Gasteiger partial charge in [-0.15, -0.1) is 0 Å². The zero-order valence-corrected chi connectivity index (χ0v) is 28.2. The minimum Gasteiger partial charge on any atom is -0.481 e. The van der Waals surface area contributed by atoms with Crippen LogP contribution in [-0.2, 0) is 16.6 Å². The van der Waals surface area contributed by atoms with Gasteiger partial charge in [0.25, 0.3) is 0 Å². The van der Waals surface area contributed by atoms with E-state index in [1.54, 1.807) is 0 Å². The van der Waals surface area contributed by atoms with Crippen LogP contribution in [-0.4, -0.2) is 33.3 Å². The number of nitrogen functional groups attached to an aromatic ring is 1. The van der Waals surface area contributed by atoms with Gasteiger partial charge >= 0.3 is 5.97 Å². The number of hydrogen-bond acceptors (Lipinski definition) is 5. The first-order valence-electron chi connectivity index (χ1n) is 17.0. The largest absolute Gasteiger partial charge is 0.481 e. The molecule has 5 aliphatic carbocycles. The Kier molecular flexibility index (Phi) is 6.19. The van der Waals surface area contributed by atoms with Crippen LogP contribution in [0.25, 0.3) is 5.57 Å². The first-order chi connectivity index (χ1) is 20.5. The molecule has 0 saturated heterocycles. The zero-order chi connectivity index (χ0) is 31.7. The van der Waals surface area contributed by atoms with E-state index in [0.717, 1.165) is 75.1 Å². The molecule has 0 aromatic carbocycles. The van der Waals surface area contributed by atoms with E-state index >= 15 is 0 Å². The van der Waals surface area contributed by atoms with Crippen LogP contribution in [0.4, 0.5) is 11.6 Å². The summed E-state index contributed by atoms with van der Waals surface area (Å²) in [6.07, 6.45) is 10.6. The Morgan fingerprint density at radius 3 is 2.41 bits per heavy atom. The molecule has 2 aromatic heterocycles. The van der Waals surface area contributed by atoms with Crippen LogP contribution in [0.1, 0.15) is 117 Å². The third kappa shape index (κ3) is 3.64. The second kappa shape index (κ2) is 9.13. The normalized spacial score (nSPS) is 40.1. The molecule has 44 heavy (non-hydrogen) atoms. The summed E-state index contributed by atoms with van der Waals surface area (Å²) in [6, 6.07) is 4.31. The second-order valence-electron chi connectivity index (χ2n) is 17.4. The standard InChI is InChI=1S/C37H53N5O2/c1-32(2)13-15-37(31(43)44)16-14-36(7)28(24(37)19-32)22(21-9-10-27(39-8)40-20-21)17-26-34(5)18-23-29(41-42-30(23)38)33(3,4)25(34)11-12-35(26,36)6/h9-10,20,24-26H,11-19H2,1-8H3,(H,39,40)(H,43,44)(H3,38,41,42). The van der Waals surface area contributed by atoms with Crippen LogP contribution in [0.5, 0.6) is 0 Å². The van der Waals surface area contributed by atoms with Crippen molar-refractivity contribution in [2.75, 3.05) is 18.1 Å². The molecular formula is C37H53N5O2. The maximum Gasteiger partial charge on any atom is 0.310 e. The third-order valence-corrected chi connectivity index (χ3v) is 14.7. The number of H-pyrrole nitrogens is 1. The van der Waals surface area contributed by atoms with Crippen molar-refractivity contribution in [2.45, 2.75) is 112 Å². The Morgan fingerprint density at radius 1 is 1.02 bits per heavy atom. The smallest absolute Gasteiger partial charge is 0.310 e. The molecule has 3 fully saturated rings.